The molecule has 1 amide bonds. The van der Waals surface area contributed by atoms with Crippen molar-refractivity contribution < 1.29 is 4.79 Å². The fraction of sp³-hybridized carbons (Fsp3) is 0.222. The van der Waals surface area contributed by atoms with Gasteiger partial charge < -0.3 is 4.90 Å². The van der Waals surface area contributed by atoms with Crippen LogP contribution in [0, 0.1) is 0 Å². The van der Waals surface area contributed by atoms with E-state index in [0.717, 1.165) is 31.4 Å². The zero-order valence-corrected chi connectivity index (χ0v) is 17.6. The van der Waals surface area contributed by atoms with Gasteiger partial charge in [-0.25, -0.2) is 0 Å². The van der Waals surface area contributed by atoms with Crippen molar-refractivity contribution in [1.82, 2.24) is 4.90 Å². The van der Waals surface area contributed by atoms with E-state index in [4.69, 9.17) is 11.6 Å². The standard InChI is InChI=1S/C27H24ClNO/c28-22-16-14-20(15-17-22)27(30)29-18-21-10-4-5-11-23(21)26(19-8-2-1-3-9-19)24-12-6-7-13-25(24)29/h1-2,4-6,8,10-12,14-17,26H,3,7,9,13,18H2. The largest absolute Gasteiger partial charge is 0.307 e. The molecule has 0 saturated heterocycles. The van der Waals surface area contributed by atoms with Gasteiger partial charge in [-0.15, -0.1) is 0 Å². The molecule has 1 heterocycles. The van der Waals surface area contributed by atoms with E-state index < -0.39 is 0 Å². The molecule has 1 aliphatic heterocycles. The molecule has 30 heavy (non-hydrogen) atoms. The highest BCUT2D eigenvalue weighted by Gasteiger charge is 2.33. The van der Waals surface area contributed by atoms with E-state index in [1.54, 1.807) is 12.1 Å². The Labute approximate surface area is 182 Å². The third kappa shape index (κ3) is 3.46. The smallest absolute Gasteiger partial charge is 0.258 e. The number of hydrogen-bond acceptors (Lipinski definition) is 1. The van der Waals surface area contributed by atoms with Crippen molar-refractivity contribution in [3.05, 3.63) is 117 Å². The highest BCUT2D eigenvalue weighted by atomic mass is 35.5. The highest BCUT2D eigenvalue weighted by Crippen LogP contribution is 2.45. The van der Waals surface area contributed by atoms with Gasteiger partial charge in [0.25, 0.3) is 5.91 Å². The van der Waals surface area contributed by atoms with Gasteiger partial charge in [0.15, 0.2) is 0 Å². The van der Waals surface area contributed by atoms with E-state index in [2.05, 4.69) is 54.6 Å². The van der Waals surface area contributed by atoms with Crippen LogP contribution in [0.15, 0.2) is 95.8 Å². The van der Waals surface area contributed by atoms with Crippen LogP contribution < -0.4 is 0 Å². The van der Waals surface area contributed by atoms with Gasteiger partial charge in [-0.3, -0.25) is 4.79 Å². The third-order valence-electron chi connectivity index (χ3n) is 6.26. The quantitative estimate of drug-likeness (QED) is 0.521. The molecule has 0 bridgehead atoms. The van der Waals surface area contributed by atoms with Crippen molar-refractivity contribution in [2.75, 3.05) is 0 Å². The Bertz CT molecular complexity index is 1100. The van der Waals surface area contributed by atoms with Gasteiger partial charge in [-0.2, -0.15) is 0 Å². The molecular formula is C27H24ClNO. The maximum absolute atomic E-state index is 13.6. The molecule has 2 aliphatic carbocycles. The van der Waals surface area contributed by atoms with Crippen LogP contribution in [0.2, 0.25) is 5.02 Å². The Hall–Kier alpha value is -2.84. The number of benzene rings is 2. The van der Waals surface area contributed by atoms with E-state index in [1.165, 1.54) is 22.3 Å². The van der Waals surface area contributed by atoms with E-state index in [1.807, 2.05) is 17.0 Å². The Morgan fingerprint density at radius 3 is 2.57 bits per heavy atom. The number of allylic oxidation sites excluding steroid dienone is 8. The van der Waals surface area contributed by atoms with E-state index in [0.29, 0.717) is 17.1 Å². The second-order valence-electron chi connectivity index (χ2n) is 8.08. The fourth-order valence-corrected chi connectivity index (χ4v) is 4.95. The maximum atomic E-state index is 13.6. The number of nitrogens with zero attached hydrogens (tertiary/aromatic N) is 1. The second-order valence-corrected chi connectivity index (χ2v) is 8.52. The van der Waals surface area contributed by atoms with Crippen LogP contribution in [-0.4, -0.2) is 10.8 Å². The van der Waals surface area contributed by atoms with Gasteiger partial charge in [0.1, 0.15) is 0 Å². The van der Waals surface area contributed by atoms with Crippen molar-refractivity contribution in [3.63, 3.8) is 0 Å². The molecule has 0 fully saturated rings. The summed E-state index contributed by atoms with van der Waals surface area (Å²) >= 11 is 6.06. The van der Waals surface area contributed by atoms with E-state index in [9.17, 15) is 4.79 Å². The number of hydrogen-bond donors (Lipinski definition) is 0. The minimum Gasteiger partial charge on any atom is -0.307 e. The zero-order valence-electron chi connectivity index (χ0n) is 16.9. The number of carbonyl (C=O) groups excluding carboxylic acids is 1. The average Bonchev–Trinajstić information content (AvgIpc) is 2.94. The van der Waals surface area contributed by atoms with Crippen molar-refractivity contribution in [1.29, 1.82) is 0 Å². The summed E-state index contributed by atoms with van der Waals surface area (Å²) in [5.41, 5.74) is 7.10. The maximum Gasteiger partial charge on any atom is 0.258 e. The van der Waals surface area contributed by atoms with Crippen LogP contribution in [0.1, 0.15) is 53.1 Å². The zero-order chi connectivity index (χ0) is 20.5. The minimum absolute atomic E-state index is 0.0439. The Kier molecular flexibility index (Phi) is 5.18. The summed E-state index contributed by atoms with van der Waals surface area (Å²) in [7, 11) is 0. The van der Waals surface area contributed by atoms with Gasteiger partial charge in [-0.1, -0.05) is 71.8 Å². The first-order valence-electron chi connectivity index (χ1n) is 10.6. The molecule has 1 unspecified atom stereocenters. The number of amides is 1. The molecule has 0 aromatic heterocycles. The van der Waals surface area contributed by atoms with Gasteiger partial charge >= 0.3 is 0 Å². The number of fused-ring (bicyclic) bond motifs is 1. The monoisotopic (exact) mass is 413 g/mol. The average molecular weight is 414 g/mol. The van der Waals surface area contributed by atoms with Crippen LogP contribution in [0.4, 0.5) is 0 Å². The summed E-state index contributed by atoms with van der Waals surface area (Å²) in [5, 5.41) is 0.644. The SMILES string of the molecule is O=C(c1ccc(Cl)cc1)N1Cc2ccccc2C(C2=CC=CCC2)C2=C1CCC=C2. The first kappa shape index (κ1) is 19.1. The van der Waals surface area contributed by atoms with E-state index in [-0.39, 0.29) is 11.8 Å². The topological polar surface area (TPSA) is 20.3 Å². The Morgan fingerprint density at radius 1 is 0.967 bits per heavy atom. The Balaban J connectivity index is 1.67. The molecule has 2 nitrogen and oxygen atoms in total. The third-order valence-corrected chi connectivity index (χ3v) is 6.51. The van der Waals surface area contributed by atoms with Gasteiger partial charge in [0, 0.05) is 22.2 Å². The minimum atomic E-state index is 0.0439. The Morgan fingerprint density at radius 2 is 1.77 bits per heavy atom. The molecule has 1 atom stereocenters. The normalized spacial score (nSPS) is 20.4. The molecule has 0 spiro atoms. The molecular weight excluding hydrogens is 390 g/mol. The molecule has 2 aromatic rings. The van der Waals surface area contributed by atoms with Crippen LogP contribution >= 0.6 is 11.6 Å². The highest BCUT2D eigenvalue weighted by molar-refractivity contribution is 6.30. The number of halogens is 1. The van der Waals surface area contributed by atoms with Gasteiger partial charge in [0.05, 0.1) is 6.54 Å². The van der Waals surface area contributed by atoms with Gasteiger partial charge in [-0.05, 0) is 66.6 Å². The summed E-state index contributed by atoms with van der Waals surface area (Å²) in [6.07, 6.45) is 15.2. The number of rotatable bonds is 2. The summed E-state index contributed by atoms with van der Waals surface area (Å²) in [6.45, 7) is 0.601. The molecule has 150 valence electrons. The lowest BCUT2D eigenvalue weighted by molar-refractivity contribution is 0.0790. The number of carbonyl (C=O) groups is 1. The van der Waals surface area contributed by atoms with Crippen LogP contribution in [0.5, 0.6) is 0 Å². The molecule has 0 saturated carbocycles. The van der Waals surface area contributed by atoms with Crippen molar-refractivity contribution in [3.8, 4) is 0 Å². The lowest BCUT2D eigenvalue weighted by Crippen LogP contribution is -2.30. The lowest BCUT2D eigenvalue weighted by atomic mass is 9.78. The van der Waals surface area contributed by atoms with Gasteiger partial charge in [0.2, 0.25) is 0 Å². The first-order valence-corrected chi connectivity index (χ1v) is 11.0. The molecule has 3 aliphatic rings. The summed E-state index contributed by atoms with van der Waals surface area (Å²) in [5.74, 6) is 0.253. The van der Waals surface area contributed by atoms with Crippen LogP contribution in [0.3, 0.4) is 0 Å². The predicted molar refractivity (Wildman–Crippen MR) is 122 cm³/mol. The summed E-state index contributed by atoms with van der Waals surface area (Å²) in [4.78, 5) is 15.6. The fourth-order valence-electron chi connectivity index (χ4n) is 4.82. The van der Waals surface area contributed by atoms with Crippen LogP contribution in [-0.2, 0) is 6.54 Å². The molecule has 5 rings (SSSR count). The van der Waals surface area contributed by atoms with Crippen molar-refractivity contribution >= 4 is 17.5 Å². The van der Waals surface area contributed by atoms with Crippen LogP contribution in [0.25, 0.3) is 0 Å². The second kappa shape index (κ2) is 8.12. The van der Waals surface area contributed by atoms with Crippen molar-refractivity contribution in [2.45, 2.75) is 38.1 Å². The van der Waals surface area contributed by atoms with E-state index >= 15 is 0 Å². The molecule has 3 heteroatoms. The lowest BCUT2D eigenvalue weighted by Gasteiger charge is -2.30. The molecule has 0 radical (unpaired) electrons. The molecule has 0 N–H and O–H groups in total. The molecule has 2 aromatic carbocycles. The van der Waals surface area contributed by atoms with Crippen molar-refractivity contribution in [2.24, 2.45) is 0 Å². The predicted octanol–water partition coefficient (Wildman–Crippen LogP) is 6.96. The summed E-state index contributed by atoms with van der Waals surface area (Å²) in [6, 6.07) is 15.8. The first-order chi connectivity index (χ1) is 14.7. The summed E-state index contributed by atoms with van der Waals surface area (Å²) < 4.78 is 0.